The number of aromatic nitrogens is 2. The third-order valence-corrected chi connectivity index (χ3v) is 4.45. The minimum Gasteiger partial charge on any atom is -0.383 e. The van der Waals surface area contributed by atoms with Crippen LogP contribution in [0.4, 0.5) is 14.5 Å². The zero-order valence-electron chi connectivity index (χ0n) is 13.7. The van der Waals surface area contributed by atoms with Crippen LogP contribution in [0, 0.1) is 25.5 Å². The molecule has 1 N–H and O–H groups in total. The van der Waals surface area contributed by atoms with E-state index >= 15 is 0 Å². The zero-order chi connectivity index (χ0) is 17.7. The van der Waals surface area contributed by atoms with Gasteiger partial charge < -0.3 is 14.6 Å². The van der Waals surface area contributed by atoms with E-state index in [0.29, 0.717) is 18.3 Å². The summed E-state index contributed by atoms with van der Waals surface area (Å²) in [5, 5.41) is 3.06. The number of hydrogen-bond donors (Lipinski definition) is 1. The van der Waals surface area contributed by atoms with E-state index < -0.39 is 17.5 Å². The molecule has 5 nitrogen and oxygen atoms in total. The maximum atomic E-state index is 13.5. The maximum absolute atomic E-state index is 13.5. The molecule has 24 heavy (non-hydrogen) atoms. The lowest BCUT2D eigenvalue weighted by Crippen LogP contribution is -2.16. The predicted molar refractivity (Wildman–Crippen MR) is 89.3 cm³/mol. The molecule has 0 saturated carbocycles. The summed E-state index contributed by atoms with van der Waals surface area (Å²) in [4.78, 5) is 16.4. The molecule has 2 rings (SSSR count). The summed E-state index contributed by atoms with van der Waals surface area (Å²) in [6, 6.07) is 2.92. The Morgan fingerprint density at radius 2 is 2.12 bits per heavy atom. The number of ether oxygens (including phenoxy) is 1. The van der Waals surface area contributed by atoms with Crippen molar-refractivity contribution in [2.75, 3.05) is 24.8 Å². The highest BCUT2D eigenvalue weighted by Gasteiger charge is 2.14. The molecule has 2 aromatic rings. The van der Waals surface area contributed by atoms with E-state index in [1.807, 2.05) is 18.4 Å². The summed E-state index contributed by atoms with van der Waals surface area (Å²) in [5.41, 5.74) is 1.71. The van der Waals surface area contributed by atoms with Crippen LogP contribution >= 0.6 is 11.8 Å². The molecule has 0 bridgehead atoms. The number of nitrogens with one attached hydrogen (secondary N) is 1. The molecular weight excluding hydrogens is 336 g/mol. The second-order valence-electron chi connectivity index (χ2n) is 5.17. The van der Waals surface area contributed by atoms with Crippen LogP contribution < -0.4 is 5.32 Å². The molecule has 0 fully saturated rings. The Labute approximate surface area is 143 Å². The monoisotopic (exact) mass is 355 g/mol. The third-order valence-electron chi connectivity index (χ3n) is 3.48. The van der Waals surface area contributed by atoms with Crippen LogP contribution in [-0.2, 0) is 16.1 Å². The van der Waals surface area contributed by atoms with Gasteiger partial charge in [0.2, 0.25) is 5.91 Å². The van der Waals surface area contributed by atoms with E-state index in [4.69, 9.17) is 4.74 Å². The van der Waals surface area contributed by atoms with Crippen LogP contribution in [0.5, 0.6) is 0 Å². The molecule has 0 aliphatic heterocycles. The Morgan fingerprint density at radius 1 is 1.38 bits per heavy atom. The smallest absolute Gasteiger partial charge is 0.234 e. The first-order chi connectivity index (χ1) is 11.4. The SMILES string of the molecule is COCCn1c(SCC(=O)Nc2cc(F)ccc2F)nc(C)c1C. The summed E-state index contributed by atoms with van der Waals surface area (Å²) in [5.74, 6) is -1.68. The van der Waals surface area contributed by atoms with Crippen molar-refractivity contribution >= 4 is 23.4 Å². The molecule has 1 aromatic carbocycles. The fraction of sp³-hybridized carbons (Fsp3) is 0.375. The largest absolute Gasteiger partial charge is 0.383 e. The molecule has 1 heterocycles. The number of hydrogen-bond acceptors (Lipinski definition) is 4. The van der Waals surface area contributed by atoms with Crippen molar-refractivity contribution in [1.82, 2.24) is 9.55 Å². The van der Waals surface area contributed by atoms with Gasteiger partial charge in [-0.3, -0.25) is 4.79 Å². The lowest BCUT2D eigenvalue weighted by molar-refractivity contribution is -0.113. The van der Waals surface area contributed by atoms with E-state index in [1.165, 1.54) is 11.8 Å². The minimum absolute atomic E-state index is 0.0405. The van der Waals surface area contributed by atoms with Crippen LogP contribution in [0.1, 0.15) is 11.4 Å². The van der Waals surface area contributed by atoms with Gasteiger partial charge in [-0.2, -0.15) is 0 Å². The number of methoxy groups -OCH3 is 1. The average Bonchev–Trinajstić information content (AvgIpc) is 2.81. The summed E-state index contributed by atoms with van der Waals surface area (Å²) in [6.45, 7) is 5.01. The van der Waals surface area contributed by atoms with E-state index in [1.54, 1.807) is 7.11 Å². The maximum Gasteiger partial charge on any atom is 0.234 e. The fourth-order valence-corrected chi connectivity index (χ4v) is 3.01. The number of nitrogens with zero attached hydrogens (tertiary/aromatic N) is 2. The van der Waals surface area contributed by atoms with Gasteiger partial charge in [-0.05, 0) is 26.0 Å². The van der Waals surface area contributed by atoms with Gasteiger partial charge in [-0.1, -0.05) is 11.8 Å². The standard InChI is InChI=1S/C16H19F2N3O2S/c1-10-11(2)21(6-7-23-3)16(19-10)24-9-15(22)20-14-8-12(17)4-5-13(14)18/h4-5,8H,6-7,9H2,1-3H3,(H,20,22). The van der Waals surface area contributed by atoms with Gasteiger partial charge in [0.05, 0.1) is 23.7 Å². The number of benzene rings is 1. The van der Waals surface area contributed by atoms with Gasteiger partial charge in [0.1, 0.15) is 11.6 Å². The Balaban J connectivity index is 2.01. The van der Waals surface area contributed by atoms with Gasteiger partial charge in [-0.15, -0.1) is 0 Å². The number of imidazole rings is 1. The predicted octanol–water partition coefficient (Wildman–Crippen LogP) is 3.16. The molecule has 0 radical (unpaired) electrons. The van der Waals surface area contributed by atoms with E-state index in [9.17, 15) is 13.6 Å². The van der Waals surface area contributed by atoms with Crippen molar-refractivity contribution in [2.24, 2.45) is 0 Å². The Bertz CT molecular complexity index is 734. The zero-order valence-corrected chi connectivity index (χ0v) is 14.5. The minimum atomic E-state index is -0.678. The van der Waals surface area contributed by atoms with Crippen LogP contribution in [0.2, 0.25) is 0 Å². The lowest BCUT2D eigenvalue weighted by Gasteiger charge is -2.09. The number of thioether (sulfide) groups is 1. The summed E-state index contributed by atoms with van der Waals surface area (Å²) < 4.78 is 33.7. The van der Waals surface area contributed by atoms with Crippen LogP contribution in [0.3, 0.4) is 0 Å². The fourth-order valence-electron chi connectivity index (χ4n) is 2.09. The molecule has 0 spiro atoms. The molecule has 8 heteroatoms. The average molecular weight is 355 g/mol. The number of halogens is 2. The van der Waals surface area contributed by atoms with Gasteiger partial charge in [0, 0.05) is 25.4 Å². The van der Waals surface area contributed by atoms with Crippen molar-refractivity contribution in [3.8, 4) is 0 Å². The van der Waals surface area contributed by atoms with Crippen molar-refractivity contribution in [3.05, 3.63) is 41.2 Å². The molecule has 0 atom stereocenters. The summed E-state index contributed by atoms with van der Waals surface area (Å²) in [6.07, 6.45) is 0. The number of amides is 1. The molecule has 1 aromatic heterocycles. The van der Waals surface area contributed by atoms with Crippen LogP contribution in [-0.4, -0.2) is 34.9 Å². The molecule has 130 valence electrons. The van der Waals surface area contributed by atoms with Crippen molar-refractivity contribution in [2.45, 2.75) is 25.5 Å². The lowest BCUT2D eigenvalue weighted by atomic mass is 10.3. The van der Waals surface area contributed by atoms with E-state index in [-0.39, 0.29) is 11.4 Å². The Kier molecular flexibility index (Phi) is 6.33. The van der Waals surface area contributed by atoms with Crippen molar-refractivity contribution in [1.29, 1.82) is 0 Å². The van der Waals surface area contributed by atoms with Gasteiger partial charge in [0.25, 0.3) is 0 Å². The molecular formula is C16H19F2N3O2S. The Hall–Kier alpha value is -1.93. The van der Waals surface area contributed by atoms with E-state index in [0.717, 1.165) is 29.6 Å². The quantitative estimate of drug-likeness (QED) is 0.775. The first-order valence-corrected chi connectivity index (χ1v) is 8.31. The Morgan fingerprint density at radius 3 is 2.83 bits per heavy atom. The number of carbonyl (C=O) groups excluding carboxylic acids is 1. The van der Waals surface area contributed by atoms with Crippen molar-refractivity contribution < 1.29 is 18.3 Å². The van der Waals surface area contributed by atoms with Crippen LogP contribution in [0.15, 0.2) is 23.4 Å². The molecule has 0 unspecified atom stereocenters. The number of rotatable bonds is 7. The normalized spacial score (nSPS) is 10.9. The molecule has 0 saturated heterocycles. The van der Waals surface area contributed by atoms with Crippen molar-refractivity contribution in [3.63, 3.8) is 0 Å². The van der Waals surface area contributed by atoms with E-state index in [2.05, 4.69) is 10.3 Å². The van der Waals surface area contributed by atoms with Gasteiger partial charge in [-0.25, -0.2) is 13.8 Å². The van der Waals surface area contributed by atoms with Gasteiger partial charge in [0.15, 0.2) is 5.16 Å². The summed E-state index contributed by atoms with van der Waals surface area (Å²) in [7, 11) is 1.62. The molecule has 0 aliphatic rings. The highest BCUT2D eigenvalue weighted by atomic mass is 32.2. The summed E-state index contributed by atoms with van der Waals surface area (Å²) >= 11 is 1.24. The first-order valence-electron chi connectivity index (χ1n) is 7.32. The third kappa shape index (κ3) is 4.55. The first kappa shape index (κ1) is 18.4. The number of aryl methyl sites for hydroxylation is 1. The number of anilines is 1. The second-order valence-corrected chi connectivity index (χ2v) is 6.11. The second kappa shape index (κ2) is 8.25. The molecule has 1 amide bonds. The highest BCUT2D eigenvalue weighted by Crippen LogP contribution is 2.22. The molecule has 0 aliphatic carbocycles. The van der Waals surface area contributed by atoms with Crippen LogP contribution in [0.25, 0.3) is 0 Å². The van der Waals surface area contributed by atoms with Gasteiger partial charge >= 0.3 is 0 Å². The number of carbonyl (C=O) groups is 1. The topological polar surface area (TPSA) is 56.1 Å². The highest BCUT2D eigenvalue weighted by molar-refractivity contribution is 7.99.